The van der Waals surface area contributed by atoms with Gasteiger partial charge in [-0.3, -0.25) is 5.32 Å². The Morgan fingerprint density at radius 2 is 2.09 bits per heavy atom. The molecule has 1 aromatic carbocycles. The summed E-state index contributed by atoms with van der Waals surface area (Å²) in [5, 5.41) is 11.4. The highest BCUT2D eigenvalue weighted by atomic mass is 32.1. The summed E-state index contributed by atoms with van der Waals surface area (Å²) < 4.78 is 15.3. The molecule has 5 rings (SSSR count). The smallest absolute Gasteiger partial charge is 0.308 e. The van der Waals surface area contributed by atoms with Crippen molar-refractivity contribution in [3.63, 3.8) is 0 Å². The molecule has 0 spiro atoms. The summed E-state index contributed by atoms with van der Waals surface area (Å²) in [4.78, 5) is 27.6. The van der Waals surface area contributed by atoms with Crippen molar-refractivity contribution in [3.05, 3.63) is 58.4 Å². The summed E-state index contributed by atoms with van der Waals surface area (Å²) in [7, 11) is 2.10. The molecule has 3 aromatic heterocycles. The zero-order chi connectivity index (χ0) is 24.2. The number of thiazole rings is 1. The van der Waals surface area contributed by atoms with E-state index in [0.717, 1.165) is 58.8 Å². The highest BCUT2D eigenvalue weighted by molar-refractivity contribution is 7.17. The summed E-state index contributed by atoms with van der Waals surface area (Å²) in [5.41, 5.74) is 2.35. The number of fused-ring (bicyclic) bond motifs is 1. The minimum Gasteiger partial charge on any atom is -0.308 e. The summed E-state index contributed by atoms with van der Waals surface area (Å²) >= 11 is 3.06. The Bertz CT molecular complexity index is 1320. The van der Waals surface area contributed by atoms with Gasteiger partial charge in [0.2, 0.25) is 12.1 Å². The van der Waals surface area contributed by atoms with Gasteiger partial charge in [0.25, 0.3) is 0 Å². The minimum atomic E-state index is -0.435. The summed E-state index contributed by atoms with van der Waals surface area (Å²) in [6.07, 6.45) is 6.17. The molecule has 1 fully saturated rings. The zero-order valence-corrected chi connectivity index (χ0v) is 20.9. The lowest BCUT2D eigenvalue weighted by Gasteiger charge is -2.29. The van der Waals surface area contributed by atoms with Gasteiger partial charge in [0.1, 0.15) is 10.5 Å². The third kappa shape index (κ3) is 5.92. The standard InChI is InChI=1S/C24H26FN7OS2/c1-32-7-3-15(4-8-32)16-10-17(25)12-18(11-16)30-23(33)31-24-27-13-19(35-24)2-6-26-22-21-20(5-9-34-21)28-14-29-22/h5,9-15H,2-4,6-8H2,1H3,(H,26,28,29)(H2,27,30,31,33)/p+1. The minimum absolute atomic E-state index is 0.307. The number of rotatable bonds is 7. The number of piperidine rings is 1. The Hall–Kier alpha value is -3.15. The Kier molecular flexibility index (Phi) is 7.16. The van der Waals surface area contributed by atoms with Crippen LogP contribution in [-0.4, -0.2) is 47.6 Å². The molecule has 1 aliphatic heterocycles. The molecule has 4 N–H and O–H groups in total. The van der Waals surface area contributed by atoms with Crippen LogP contribution in [-0.2, 0) is 6.42 Å². The topological polar surface area (TPSA) is 96.3 Å². The van der Waals surface area contributed by atoms with Crippen LogP contribution in [0.25, 0.3) is 10.2 Å². The molecule has 4 heterocycles. The zero-order valence-electron chi connectivity index (χ0n) is 19.3. The predicted octanol–water partition coefficient (Wildman–Crippen LogP) is 4.81. The molecule has 0 atom stereocenters. The number of urea groups is 1. The highest BCUT2D eigenvalue weighted by Gasteiger charge is 2.20. The first kappa shape index (κ1) is 23.6. The maximum Gasteiger partial charge on any atom is 0.325 e. The molecule has 0 bridgehead atoms. The van der Waals surface area contributed by atoms with Gasteiger partial charge in [-0.05, 0) is 74.1 Å². The van der Waals surface area contributed by atoms with E-state index in [1.165, 1.54) is 17.4 Å². The van der Waals surface area contributed by atoms with Crippen LogP contribution in [0.1, 0.15) is 29.2 Å². The molecular formula is C24H27FN7OS2+. The van der Waals surface area contributed by atoms with Crippen molar-refractivity contribution in [1.29, 1.82) is 0 Å². The Morgan fingerprint density at radius 1 is 1.23 bits per heavy atom. The molecule has 2 amide bonds. The van der Waals surface area contributed by atoms with E-state index in [1.54, 1.807) is 29.9 Å². The quantitative estimate of drug-likeness (QED) is 0.330. The number of likely N-dealkylation sites (tertiary alicyclic amines) is 1. The van der Waals surface area contributed by atoms with E-state index < -0.39 is 6.03 Å². The predicted molar refractivity (Wildman–Crippen MR) is 139 cm³/mol. The second kappa shape index (κ2) is 10.6. The number of nitrogens with zero attached hydrogens (tertiary/aromatic N) is 3. The van der Waals surface area contributed by atoms with Crippen LogP contribution in [0.5, 0.6) is 0 Å². The number of aromatic amines is 1. The fraction of sp³-hybridized carbons (Fsp3) is 0.333. The molecule has 11 heteroatoms. The second-order valence-corrected chi connectivity index (χ2v) is 10.7. The maximum atomic E-state index is 14.2. The Labute approximate surface area is 210 Å². The van der Waals surface area contributed by atoms with Gasteiger partial charge in [-0.2, -0.15) is 0 Å². The largest absolute Gasteiger partial charge is 0.325 e. The van der Waals surface area contributed by atoms with E-state index in [-0.39, 0.29) is 5.82 Å². The van der Waals surface area contributed by atoms with Gasteiger partial charge in [0, 0.05) is 23.2 Å². The van der Waals surface area contributed by atoms with E-state index in [4.69, 9.17) is 0 Å². The highest BCUT2D eigenvalue weighted by Crippen LogP contribution is 2.30. The molecule has 182 valence electrons. The number of anilines is 3. The van der Waals surface area contributed by atoms with Crippen LogP contribution < -0.4 is 20.9 Å². The SMILES string of the molecule is CN1CCC(c2cc(F)cc(NC(=O)Nc3ncc(CCNc4[nH+]cnc5ccsc45)s3)c2)CC1. The van der Waals surface area contributed by atoms with Gasteiger partial charge in [-0.15, -0.1) is 27.7 Å². The molecule has 0 saturated carbocycles. The number of nitrogens with one attached hydrogen (secondary N) is 4. The van der Waals surface area contributed by atoms with Crippen molar-refractivity contribution in [2.75, 3.05) is 42.6 Å². The number of thiophene rings is 1. The molecule has 1 aliphatic rings. The van der Waals surface area contributed by atoms with Gasteiger partial charge < -0.3 is 15.5 Å². The van der Waals surface area contributed by atoms with E-state index in [9.17, 15) is 9.18 Å². The van der Waals surface area contributed by atoms with Crippen LogP contribution in [0.3, 0.4) is 0 Å². The van der Waals surface area contributed by atoms with Gasteiger partial charge >= 0.3 is 6.03 Å². The third-order valence-corrected chi connectivity index (χ3v) is 7.99. The molecule has 0 aliphatic carbocycles. The summed E-state index contributed by atoms with van der Waals surface area (Å²) in [5.74, 6) is 0.912. The molecule has 0 radical (unpaired) electrons. The van der Waals surface area contributed by atoms with Crippen LogP contribution in [0.2, 0.25) is 0 Å². The van der Waals surface area contributed by atoms with E-state index in [1.807, 2.05) is 17.5 Å². The number of H-pyrrole nitrogens is 1. The lowest BCUT2D eigenvalue weighted by Crippen LogP contribution is -2.29. The van der Waals surface area contributed by atoms with E-state index >= 15 is 0 Å². The van der Waals surface area contributed by atoms with Crippen molar-refractivity contribution in [2.45, 2.75) is 25.2 Å². The van der Waals surface area contributed by atoms with E-state index in [2.05, 4.69) is 42.8 Å². The average Bonchev–Trinajstić information content (AvgIpc) is 3.49. The van der Waals surface area contributed by atoms with Crippen LogP contribution >= 0.6 is 22.7 Å². The van der Waals surface area contributed by atoms with Crippen LogP contribution in [0.15, 0.2) is 42.2 Å². The number of carbonyl (C=O) groups is 1. The number of benzene rings is 1. The number of hydrogen-bond donors (Lipinski definition) is 3. The Morgan fingerprint density at radius 3 is 2.94 bits per heavy atom. The van der Waals surface area contributed by atoms with Crippen molar-refractivity contribution in [1.82, 2.24) is 14.9 Å². The van der Waals surface area contributed by atoms with Crippen molar-refractivity contribution in [2.24, 2.45) is 0 Å². The molecule has 35 heavy (non-hydrogen) atoms. The maximum absolute atomic E-state index is 14.2. The molecule has 8 nitrogen and oxygen atoms in total. The van der Waals surface area contributed by atoms with Gasteiger partial charge in [-0.25, -0.2) is 19.2 Å². The third-order valence-electron chi connectivity index (χ3n) is 6.10. The molecule has 0 unspecified atom stereocenters. The number of carbonyl (C=O) groups excluding carboxylic acids is 1. The number of amides is 2. The van der Waals surface area contributed by atoms with Crippen molar-refractivity contribution < 1.29 is 14.2 Å². The number of aromatic nitrogens is 3. The number of halogens is 1. The molecular weight excluding hydrogens is 485 g/mol. The number of hydrogen-bond acceptors (Lipinski definition) is 7. The fourth-order valence-corrected chi connectivity index (χ4v) is 5.90. The molecule has 4 aromatic rings. The summed E-state index contributed by atoms with van der Waals surface area (Å²) in [6.45, 7) is 2.70. The van der Waals surface area contributed by atoms with Crippen LogP contribution in [0, 0.1) is 5.82 Å². The van der Waals surface area contributed by atoms with Crippen molar-refractivity contribution >= 4 is 55.6 Å². The van der Waals surface area contributed by atoms with Gasteiger partial charge in [0.05, 0.1) is 6.54 Å². The lowest BCUT2D eigenvalue weighted by atomic mass is 9.89. The monoisotopic (exact) mass is 512 g/mol. The van der Waals surface area contributed by atoms with Crippen LogP contribution in [0.4, 0.5) is 25.8 Å². The average molecular weight is 513 g/mol. The first-order valence-corrected chi connectivity index (χ1v) is 13.2. The normalized spacial score (nSPS) is 14.8. The lowest BCUT2D eigenvalue weighted by molar-refractivity contribution is -0.363. The Balaban J connectivity index is 1.14. The first-order chi connectivity index (χ1) is 17.0. The van der Waals surface area contributed by atoms with Gasteiger partial charge in [-0.1, -0.05) is 0 Å². The van der Waals surface area contributed by atoms with Crippen molar-refractivity contribution in [3.8, 4) is 0 Å². The molecule has 1 saturated heterocycles. The van der Waals surface area contributed by atoms with Gasteiger partial charge in [0.15, 0.2) is 10.6 Å². The van der Waals surface area contributed by atoms with E-state index in [0.29, 0.717) is 23.3 Å². The fourth-order valence-electron chi connectivity index (χ4n) is 4.27. The second-order valence-electron chi connectivity index (χ2n) is 8.65. The first-order valence-electron chi connectivity index (χ1n) is 11.5. The summed E-state index contributed by atoms with van der Waals surface area (Å²) in [6, 6.07) is 6.35.